The highest BCUT2D eigenvalue weighted by Gasteiger charge is 2.34. The highest BCUT2D eigenvalue weighted by Crippen LogP contribution is 2.33. The molecule has 1 aliphatic rings. The zero-order valence-electron chi connectivity index (χ0n) is 18.3. The Morgan fingerprint density at radius 3 is 2.56 bits per heavy atom. The number of carbonyl (C=O) groups is 3. The second kappa shape index (κ2) is 10.7. The third-order valence-electron chi connectivity index (χ3n) is 4.95. The SMILES string of the molecule is Cc1cccc(NC(=O)COc2ccc(/C=C3/SC(=O)N(Cc4cccc(Br)c4)C3=O)cc2)c1. The fraction of sp³-hybridized carbons (Fsp3) is 0.115. The molecule has 8 heteroatoms. The maximum Gasteiger partial charge on any atom is 0.293 e. The molecule has 4 rings (SSSR count). The second-order valence-electron chi connectivity index (χ2n) is 7.67. The van der Waals surface area contributed by atoms with Crippen LogP contribution in [0.25, 0.3) is 6.08 Å². The van der Waals surface area contributed by atoms with Crippen LogP contribution in [0.15, 0.2) is 82.2 Å². The van der Waals surface area contributed by atoms with E-state index in [1.54, 1.807) is 30.3 Å². The molecular formula is C26H21BrN2O4S. The minimum Gasteiger partial charge on any atom is -0.484 e. The summed E-state index contributed by atoms with van der Waals surface area (Å²) >= 11 is 4.33. The predicted molar refractivity (Wildman–Crippen MR) is 137 cm³/mol. The Bertz CT molecular complexity index is 1270. The fourth-order valence-corrected chi connectivity index (χ4v) is 4.62. The molecule has 0 aromatic heterocycles. The maximum absolute atomic E-state index is 12.8. The molecule has 0 radical (unpaired) electrons. The summed E-state index contributed by atoms with van der Waals surface area (Å²) < 4.78 is 6.45. The van der Waals surface area contributed by atoms with E-state index in [0.29, 0.717) is 10.7 Å². The van der Waals surface area contributed by atoms with Gasteiger partial charge in [0.2, 0.25) is 0 Å². The summed E-state index contributed by atoms with van der Waals surface area (Å²) in [6.07, 6.45) is 1.68. The number of halogens is 1. The fourth-order valence-electron chi connectivity index (χ4n) is 3.33. The quantitative estimate of drug-likeness (QED) is 0.374. The van der Waals surface area contributed by atoms with Gasteiger partial charge in [0, 0.05) is 10.2 Å². The van der Waals surface area contributed by atoms with Gasteiger partial charge in [-0.1, -0.05) is 52.3 Å². The van der Waals surface area contributed by atoms with Gasteiger partial charge in [-0.2, -0.15) is 0 Å². The first-order chi connectivity index (χ1) is 16.4. The lowest BCUT2D eigenvalue weighted by Crippen LogP contribution is -2.27. The van der Waals surface area contributed by atoms with Crippen molar-refractivity contribution < 1.29 is 19.1 Å². The lowest BCUT2D eigenvalue weighted by molar-refractivity contribution is -0.123. The molecule has 0 unspecified atom stereocenters. The van der Waals surface area contributed by atoms with Crippen LogP contribution in [0.3, 0.4) is 0 Å². The Hall–Kier alpha value is -3.36. The van der Waals surface area contributed by atoms with E-state index in [0.717, 1.165) is 38.6 Å². The van der Waals surface area contributed by atoms with E-state index in [1.807, 2.05) is 55.5 Å². The van der Waals surface area contributed by atoms with Crippen LogP contribution in [-0.2, 0) is 16.1 Å². The van der Waals surface area contributed by atoms with Gasteiger partial charge in [-0.15, -0.1) is 0 Å². The molecule has 1 saturated heterocycles. The van der Waals surface area contributed by atoms with Crippen LogP contribution in [0.5, 0.6) is 5.75 Å². The number of anilines is 1. The molecule has 3 aromatic carbocycles. The van der Waals surface area contributed by atoms with Crippen molar-refractivity contribution in [3.05, 3.63) is 98.9 Å². The van der Waals surface area contributed by atoms with Crippen LogP contribution in [0.2, 0.25) is 0 Å². The van der Waals surface area contributed by atoms with Gasteiger partial charge in [-0.3, -0.25) is 19.3 Å². The van der Waals surface area contributed by atoms with Crippen LogP contribution < -0.4 is 10.1 Å². The molecule has 1 N–H and O–H groups in total. The smallest absolute Gasteiger partial charge is 0.293 e. The number of ether oxygens (including phenoxy) is 1. The molecule has 172 valence electrons. The number of amides is 3. The highest BCUT2D eigenvalue weighted by atomic mass is 79.9. The first kappa shape index (κ1) is 23.8. The molecular weight excluding hydrogens is 516 g/mol. The van der Waals surface area contributed by atoms with Crippen molar-refractivity contribution in [1.29, 1.82) is 0 Å². The maximum atomic E-state index is 12.8. The number of hydrogen-bond donors (Lipinski definition) is 1. The first-order valence-electron chi connectivity index (χ1n) is 10.5. The number of aryl methyl sites for hydroxylation is 1. The van der Waals surface area contributed by atoms with E-state index in [2.05, 4.69) is 21.2 Å². The average molecular weight is 537 g/mol. The third kappa shape index (κ3) is 6.15. The molecule has 1 fully saturated rings. The molecule has 3 amide bonds. The average Bonchev–Trinajstić information content (AvgIpc) is 3.06. The van der Waals surface area contributed by atoms with E-state index in [-0.39, 0.29) is 30.2 Å². The van der Waals surface area contributed by atoms with E-state index in [1.165, 1.54) is 4.90 Å². The van der Waals surface area contributed by atoms with Gasteiger partial charge in [0.25, 0.3) is 17.1 Å². The van der Waals surface area contributed by atoms with Gasteiger partial charge in [0.1, 0.15) is 5.75 Å². The van der Waals surface area contributed by atoms with Crippen molar-refractivity contribution in [3.8, 4) is 5.75 Å². The van der Waals surface area contributed by atoms with Crippen LogP contribution in [0.1, 0.15) is 16.7 Å². The van der Waals surface area contributed by atoms with Gasteiger partial charge in [0.15, 0.2) is 6.61 Å². The van der Waals surface area contributed by atoms with E-state index >= 15 is 0 Å². The summed E-state index contributed by atoms with van der Waals surface area (Å²) in [6, 6.07) is 22.0. The molecule has 0 spiro atoms. The number of thioether (sulfide) groups is 1. The predicted octanol–water partition coefficient (Wildman–Crippen LogP) is 6.01. The lowest BCUT2D eigenvalue weighted by Gasteiger charge is -2.12. The third-order valence-corrected chi connectivity index (χ3v) is 6.35. The number of nitrogens with one attached hydrogen (secondary N) is 1. The lowest BCUT2D eigenvalue weighted by atomic mass is 10.2. The normalized spacial score (nSPS) is 14.5. The van der Waals surface area contributed by atoms with Crippen molar-refractivity contribution in [2.45, 2.75) is 13.5 Å². The van der Waals surface area contributed by atoms with Crippen molar-refractivity contribution in [1.82, 2.24) is 4.90 Å². The summed E-state index contributed by atoms with van der Waals surface area (Å²) in [6.45, 7) is 2.05. The number of nitrogens with zero attached hydrogens (tertiary/aromatic N) is 1. The minimum absolute atomic E-state index is 0.123. The van der Waals surface area contributed by atoms with Crippen LogP contribution >= 0.6 is 27.7 Å². The van der Waals surface area contributed by atoms with Crippen LogP contribution in [-0.4, -0.2) is 28.6 Å². The summed E-state index contributed by atoms with van der Waals surface area (Å²) in [7, 11) is 0. The number of rotatable bonds is 7. The molecule has 6 nitrogen and oxygen atoms in total. The largest absolute Gasteiger partial charge is 0.484 e. The molecule has 3 aromatic rings. The minimum atomic E-state index is -0.317. The summed E-state index contributed by atoms with van der Waals surface area (Å²) in [5, 5.41) is 2.50. The molecule has 0 bridgehead atoms. The van der Waals surface area contributed by atoms with Gasteiger partial charge in [-0.05, 0) is 77.9 Å². The number of hydrogen-bond acceptors (Lipinski definition) is 5. The Balaban J connectivity index is 1.34. The Labute approximate surface area is 210 Å². The van der Waals surface area contributed by atoms with Crippen molar-refractivity contribution in [3.63, 3.8) is 0 Å². The molecule has 0 aliphatic carbocycles. The topological polar surface area (TPSA) is 75.7 Å². The number of imide groups is 1. The molecule has 0 atom stereocenters. The van der Waals surface area contributed by atoms with E-state index in [9.17, 15) is 14.4 Å². The zero-order chi connectivity index (χ0) is 24.1. The van der Waals surface area contributed by atoms with Crippen LogP contribution in [0.4, 0.5) is 10.5 Å². The second-order valence-corrected chi connectivity index (χ2v) is 9.58. The van der Waals surface area contributed by atoms with Gasteiger partial charge in [0.05, 0.1) is 11.4 Å². The number of benzene rings is 3. The standard InChI is InChI=1S/C26H21BrN2O4S/c1-17-4-2-7-21(12-17)28-24(30)16-33-22-10-8-18(9-11-22)14-23-25(31)29(26(32)34-23)15-19-5-3-6-20(27)13-19/h2-14H,15-16H2,1H3,(H,28,30)/b23-14+. The Morgan fingerprint density at radius 2 is 1.82 bits per heavy atom. The number of carbonyl (C=O) groups excluding carboxylic acids is 3. The van der Waals surface area contributed by atoms with Gasteiger partial charge >= 0.3 is 0 Å². The molecule has 1 heterocycles. The van der Waals surface area contributed by atoms with E-state index in [4.69, 9.17) is 4.74 Å². The van der Waals surface area contributed by atoms with Gasteiger partial charge < -0.3 is 10.1 Å². The van der Waals surface area contributed by atoms with Crippen LogP contribution in [0, 0.1) is 6.92 Å². The summed E-state index contributed by atoms with van der Waals surface area (Å²) in [5.41, 5.74) is 3.40. The summed E-state index contributed by atoms with van der Waals surface area (Å²) in [5.74, 6) is -0.0452. The summed E-state index contributed by atoms with van der Waals surface area (Å²) in [4.78, 5) is 38.9. The molecule has 0 saturated carbocycles. The zero-order valence-corrected chi connectivity index (χ0v) is 20.7. The Kier molecular flexibility index (Phi) is 7.49. The molecule has 34 heavy (non-hydrogen) atoms. The monoisotopic (exact) mass is 536 g/mol. The molecule has 1 aliphatic heterocycles. The van der Waals surface area contributed by atoms with Gasteiger partial charge in [-0.25, -0.2) is 0 Å². The van der Waals surface area contributed by atoms with Crippen molar-refractivity contribution in [2.75, 3.05) is 11.9 Å². The van der Waals surface area contributed by atoms with Crippen molar-refractivity contribution >= 4 is 56.5 Å². The Morgan fingerprint density at radius 1 is 1.06 bits per heavy atom. The van der Waals surface area contributed by atoms with Crippen molar-refractivity contribution in [2.24, 2.45) is 0 Å². The highest BCUT2D eigenvalue weighted by molar-refractivity contribution is 9.10. The first-order valence-corrected chi connectivity index (χ1v) is 12.1. The van der Waals surface area contributed by atoms with E-state index < -0.39 is 0 Å².